The molecular weight excluding hydrogens is 360 g/mol. The topological polar surface area (TPSA) is 0 Å². The van der Waals surface area contributed by atoms with Crippen molar-refractivity contribution in [1.82, 2.24) is 0 Å². The summed E-state index contributed by atoms with van der Waals surface area (Å²) in [6.45, 7) is 9.32. The van der Waals surface area contributed by atoms with Crippen molar-refractivity contribution in [2.45, 2.75) is 130 Å². The van der Waals surface area contributed by atoms with Gasteiger partial charge in [0.1, 0.15) is 0 Å². The summed E-state index contributed by atoms with van der Waals surface area (Å²) in [4.78, 5) is 0. The number of benzene rings is 2. The van der Waals surface area contributed by atoms with Crippen LogP contribution in [0.15, 0.2) is 24.3 Å². The second-order valence-electron chi connectivity index (χ2n) is 9.29. The Hall–Kier alpha value is -1.30. The fourth-order valence-corrected chi connectivity index (χ4v) is 5.08. The van der Waals surface area contributed by atoms with Gasteiger partial charge in [0.15, 0.2) is 0 Å². The molecule has 0 atom stereocenters. The van der Waals surface area contributed by atoms with Crippen LogP contribution in [0, 0.1) is 0 Å². The molecular formula is C30H48. The fraction of sp³-hybridized carbons (Fsp3) is 0.667. The molecule has 0 aliphatic heterocycles. The molecule has 0 radical (unpaired) electrons. The lowest BCUT2D eigenvalue weighted by Crippen LogP contribution is -2.08. The number of rotatable bonds is 16. The Labute approximate surface area is 187 Å². The quantitative estimate of drug-likeness (QED) is 0.242. The third-order valence-corrected chi connectivity index (χ3v) is 6.79. The highest BCUT2D eigenvalue weighted by atomic mass is 14.2. The summed E-state index contributed by atoms with van der Waals surface area (Å²) < 4.78 is 0. The van der Waals surface area contributed by atoms with E-state index in [0.29, 0.717) is 0 Å². The van der Waals surface area contributed by atoms with E-state index in [1.807, 2.05) is 0 Å². The Kier molecular flexibility index (Phi) is 12.2. The van der Waals surface area contributed by atoms with E-state index >= 15 is 0 Å². The molecule has 0 amide bonds. The van der Waals surface area contributed by atoms with Gasteiger partial charge in [-0.2, -0.15) is 0 Å². The maximum atomic E-state index is 2.43. The summed E-state index contributed by atoms with van der Waals surface area (Å²) in [6.07, 6.45) is 21.2. The van der Waals surface area contributed by atoms with E-state index in [1.54, 1.807) is 33.0 Å². The van der Waals surface area contributed by atoms with E-state index in [-0.39, 0.29) is 0 Å². The third kappa shape index (κ3) is 7.14. The number of aryl methyl sites for hydroxylation is 2. The molecule has 0 N–H and O–H groups in total. The second-order valence-corrected chi connectivity index (χ2v) is 9.29. The zero-order valence-electron chi connectivity index (χ0n) is 20.6. The van der Waals surface area contributed by atoms with Crippen molar-refractivity contribution in [3.63, 3.8) is 0 Å². The molecule has 0 heteroatoms. The molecule has 0 aromatic heterocycles. The van der Waals surface area contributed by atoms with Crippen molar-refractivity contribution in [3.8, 4) is 0 Å². The number of hydrogen-bond acceptors (Lipinski definition) is 0. The van der Waals surface area contributed by atoms with Crippen LogP contribution in [0.5, 0.6) is 0 Å². The lowest BCUT2D eigenvalue weighted by atomic mass is 9.81. The summed E-state index contributed by atoms with van der Waals surface area (Å²) >= 11 is 0. The molecule has 168 valence electrons. The Bertz CT molecular complexity index is 662. The lowest BCUT2D eigenvalue weighted by Gasteiger charge is -2.23. The zero-order valence-corrected chi connectivity index (χ0v) is 20.6. The van der Waals surface area contributed by atoms with Crippen LogP contribution in [0.4, 0.5) is 0 Å². The summed E-state index contributed by atoms with van der Waals surface area (Å²) in [6, 6.07) is 9.40. The van der Waals surface area contributed by atoms with Gasteiger partial charge in [0.2, 0.25) is 0 Å². The molecule has 0 heterocycles. The predicted molar refractivity (Wildman–Crippen MR) is 137 cm³/mol. The van der Waals surface area contributed by atoms with Gasteiger partial charge in [0.25, 0.3) is 0 Å². The van der Waals surface area contributed by atoms with Gasteiger partial charge in [-0.3, -0.25) is 0 Å². The standard InChI is InChI=1S/C30H48/c1-5-9-13-19-25-26(20-14-10-6-2)28(22-16-12-8-4)30-24-18-17-23-29(30)27(25)21-15-11-7-3/h17-18,23-24H,5-16,19-22H2,1-4H3. The highest BCUT2D eigenvalue weighted by Gasteiger charge is 2.18. The first-order valence-electron chi connectivity index (χ1n) is 13.3. The van der Waals surface area contributed by atoms with Crippen molar-refractivity contribution in [2.24, 2.45) is 0 Å². The van der Waals surface area contributed by atoms with E-state index in [0.717, 1.165) is 0 Å². The molecule has 0 fully saturated rings. The van der Waals surface area contributed by atoms with Gasteiger partial charge < -0.3 is 0 Å². The minimum Gasteiger partial charge on any atom is -0.0654 e. The highest BCUT2D eigenvalue weighted by Crippen LogP contribution is 2.35. The van der Waals surface area contributed by atoms with Crippen LogP contribution in [0.25, 0.3) is 10.8 Å². The van der Waals surface area contributed by atoms with E-state index in [1.165, 1.54) is 103 Å². The predicted octanol–water partition coefficient (Wildman–Crippen LogP) is 9.77. The van der Waals surface area contributed by atoms with Crippen LogP contribution < -0.4 is 0 Å². The molecule has 0 saturated carbocycles. The largest absolute Gasteiger partial charge is 0.0654 e. The Balaban J connectivity index is 2.59. The first-order chi connectivity index (χ1) is 14.8. The van der Waals surface area contributed by atoms with Crippen LogP contribution in [-0.4, -0.2) is 0 Å². The molecule has 2 aromatic carbocycles. The zero-order chi connectivity index (χ0) is 21.6. The van der Waals surface area contributed by atoms with E-state index in [2.05, 4.69) is 52.0 Å². The molecule has 0 nitrogen and oxygen atoms in total. The van der Waals surface area contributed by atoms with Crippen molar-refractivity contribution < 1.29 is 0 Å². The lowest BCUT2D eigenvalue weighted by molar-refractivity contribution is 0.670. The molecule has 0 bridgehead atoms. The number of hydrogen-bond donors (Lipinski definition) is 0. The molecule has 0 spiro atoms. The first-order valence-corrected chi connectivity index (χ1v) is 13.3. The molecule has 0 aliphatic rings. The summed E-state index contributed by atoms with van der Waals surface area (Å²) in [5, 5.41) is 3.15. The van der Waals surface area contributed by atoms with Gasteiger partial charge in [0.05, 0.1) is 0 Å². The van der Waals surface area contributed by atoms with Gasteiger partial charge in [-0.25, -0.2) is 0 Å². The summed E-state index contributed by atoms with van der Waals surface area (Å²) in [5.41, 5.74) is 6.95. The van der Waals surface area contributed by atoms with E-state index in [4.69, 9.17) is 0 Å². The average molecular weight is 409 g/mol. The maximum absolute atomic E-state index is 2.43. The van der Waals surface area contributed by atoms with Crippen molar-refractivity contribution in [3.05, 3.63) is 46.5 Å². The van der Waals surface area contributed by atoms with Gasteiger partial charge in [-0.05, 0) is 84.4 Å². The highest BCUT2D eigenvalue weighted by molar-refractivity contribution is 5.91. The van der Waals surface area contributed by atoms with Crippen molar-refractivity contribution in [2.75, 3.05) is 0 Å². The molecule has 2 aromatic rings. The maximum Gasteiger partial charge on any atom is -0.0146 e. The summed E-state index contributed by atoms with van der Waals surface area (Å²) in [5.74, 6) is 0. The number of fused-ring (bicyclic) bond motifs is 1. The molecule has 0 unspecified atom stereocenters. The van der Waals surface area contributed by atoms with E-state index in [9.17, 15) is 0 Å². The minimum absolute atomic E-state index is 1.27. The van der Waals surface area contributed by atoms with Crippen LogP contribution >= 0.6 is 0 Å². The molecule has 0 aliphatic carbocycles. The molecule has 30 heavy (non-hydrogen) atoms. The Morgan fingerprint density at radius 3 is 1.00 bits per heavy atom. The van der Waals surface area contributed by atoms with Crippen LogP contribution in [0.3, 0.4) is 0 Å². The fourth-order valence-electron chi connectivity index (χ4n) is 5.08. The first kappa shape index (κ1) is 25.0. The normalized spacial score (nSPS) is 11.5. The molecule has 0 saturated heterocycles. The van der Waals surface area contributed by atoms with Gasteiger partial charge in [-0.1, -0.05) is 103 Å². The average Bonchev–Trinajstić information content (AvgIpc) is 2.77. The molecule has 2 rings (SSSR count). The smallest absolute Gasteiger partial charge is 0.0146 e. The Morgan fingerprint density at radius 2 is 0.700 bits per heavy atom. The van der Waals surface area contributed by atoms with Crippen LogP contribution in [0.2, 0.25) is 0 Å². The SMILES string of the molecule is CCCCCc1c(CCCCC)c(CCCCC)c2ccccc2c1CCCCC. The van der Waals surface area contributed by atoms with E-state index < -0.39 is 0 Å². The minimum atomic E-state index is 1.27. The van der Waals surface area contributed by atoms with Crippen LogP contribution in [0.1, 0.15) is 127 Å². The van der Waals surface area contributed by atoms with Gasteiger partial charge in [0, 0.05) is 0 Å². The number of unbranched alkanes of at least 4 members (excludes halogenated alkanes) is 8. The third-order valence-electron chi connectivity index (χ3n) is 6.79. The van der Waals surface area contributed by atoms with Gasteiger partial charge in [-0.15, -0.1) is 0 Å². The van der Waals surface area contributed by atoms with Crippen molar-refractivity contribution in [1.29, 1.82) is 0 Å². The van der Waals surface area contributed by atoms with Crippen LogP contribution in [-0.2, 0) is 25.7 Å². The van der Waals surface area contributed by atoms with Gasteiger partial charge >= 0.3 is 0 Å². The summed E-state index contributed by atoms with van der Waals surface area (Å²) in [7, 11) is 0. The van der Waals surface area contributed by atoms with Crippen molar-refractivity contribution >= 4 is 10.8 Å². The second kappa shape index (κ2) is 14.7. The Morgan fingerprint density at radius 1 is 0.400 bits per heavy atom. The monoisotopic (exact) mass is 408 g/mol.